The fourth-order valence-electron chi connectivity index (χ4n) is 2.67. The van der Waals surface area contributed by atoms with Gasteiger partial charge in [-0.15, -0.1) is 0 Å². The van der Waals surface area contributed by atoms with Crippen LogP contribution < -0.4 is 0 Å². The fourth-order valence-corrected chi connectivity index (χ4v) is 4.22. The molecule has 0 bridgehead atoms. The normalized spacial score (nSPS) is 32.0. The van der Waals surface area contributed by atoms with Crippen molar-refractivity contribution in [1.82, 2.24) is 0 Å². The first-order valence-corrected chi connectivity index (χ1v) is 7.04. The third-order valence-electron chi connectivity index (χ3n) is 3.52. The van der Waals surface area contributed by atoms with Crippen LogP contribution in [0, 0.1) is 5.92 Å². The maximum atomic E-state index is 12.0. The molecule has 0 spiro atoms. The Morgan fingerprint density at radius 2 is 1.88 bits per heavy atom. The molecule has 16 heavy (non-hydrogen) atoms. The monoisotopic (exact) mass is 340 g/mol. The number of Topliss-reactive ketones (excluding diaryl/α,β-unsaturated/α-hetero) is 1. The molecule has 0 aliphatic heterocycles. The Balaban J connectivity index is 1.93. The molecule has 0 aromatic heterocycles. The van der Waals surface area contributed by atoms with Crippen molar-refractivity contribution >= 4 is 37.6 Å². The summed E-state index contributed by atoms with van der Waals surface area (Å²) < 4.78 is 0.751. The summed E-state index contributed by atoms with van der Waals surface area (Å²) in [6, 6.07) is 8.37. The first-order chi connectivity index (χ1) is 7.70. The third kappa shape index (κ3) is 1.37. The van der Waals surface area contributed by atoms with Crippen LogP contribution in [0.2, 0.25) is 0 Å². The lowest BCUT2D eigenvalue weighted by molar-refractivity contribution is -0.118. The maximum Gasteiger partial charge on any atom is 0.173 e. The standard InChI is InChI=1S/C13H10Br2O/c14-10-6-5-9(13(10)16)11-7-3-1-2-4-8(7)12(11)15/h1-4,6,9,11-12H,5H2/t9-,11-,12+/m1/s1. The first kappa shape index (κ1) is 10.7. The smallest absolute Gasteiger partial charge is 0.173 e. The van der Waals surface area contributed by atoms with Crippen LogP contribution in [0.3, 0.4) is 0 Å². The molecule has 1 aromatic carbocycles. The van der Waals surface area contributed by atoms with E-state index in [1.54, 1.807) is 0 Å². The van der Waals surface area contributed by atoms with Gasteiger partial charge in [0.05, 0.1) is 4.48 Å². The van der Waals surface area contributed by atoms with Gasteiger partial charge in [-0.1, -0.05) is 46.3 Å². The highest BCUT2D eigenvalue weighted by molar-refractivity contribution is 9.12. The number of carbonyl (C=O) groups is 1. The van der Waals surface area contributed by atoms with Crippen molar-refractivity contribution in [2.75, 3.05) is 0 Å². The Labute approximate surface area is 111 Å². The summed E-state index contributed by atoms with van der Waals surface area (Å²) in [5.41, 5.74) is 2.67. The van der Waals surface area contributed by atoms with E-state index >= 15 is 0 Å². The average molecular weight is 342 g/mol. The predicted octanol–water partition coefficient (Wildman–Crippen LogP) is 4.09. The largest absolute Gasteiger partial charge is 0.293 e. The lowest BCUT2D eigenvalue weighted by Gasteiger charge is -2.39. The average Bonchev–Trinajstić information content (AvgIpc) is 2.61. The molecule has 0 saturated heterocycles. The highest BCUT2D eigenvalue weighted by Crippen LogP contribution is 2.56. The van der Waals surface area contributed by atoms with E-state index in [1.165, 1.54) is 11.1 Å². The number of benzene rings is 1. The van der Waals surface area contributed by atoms with E-state index < -0.39 is 0 Å². The van der Waals surface area contributed by atoms with E-state index in [-0.39, 0.29) is 11.7 Å². The van der Waals surface area contributed by atoms with Gasteiger partial charge in [0, 0.05) is 16.7 Å². The van der Waals surface area contributed by atoms with Gasteiger partial charge in [0.25, 0.3) is 0 Å². The van der Waals surface area contributed by atoms with E-state index in [1.807, 2.05) is 18.2 Å². The number of fused-ring (bicyclic) bond motifs is 1. The van der Waals surface area contributed by atoms with E-state index in [0.29, 0.717) is 10.7 Å². The first-order valence-electron chi connectivity index (χ1n) is 5.33. The maximum absolute atomic E-state index is 12.0. The molecule has 1 nitrogen and oxygen atoms in total. The zero-order chi connectivity index (χ0) is 11.3. The van der Waals surface area contributed by atoms with E-state index in [9.17, 15) is 4.79 Å². The molecular weight excluding hydrogens is 332 g/mol. The van der Waals surface area contributed by atoms with E-state index in [2.05, 4.69) is 44.0 Å². The molecule has 3 rings (SSSR count). The number of carbonyl (C=O) groups excluding carboxylic acids is 1. The van der Waals surface area contributed by atoms with Gasteiger partial charge < -0.3 is 0 Å². The van der Waals surface area contributed by atoms with Gasteiger partial charge in [-0.25, -0.2) is 0 Å². The van der Waals surface area contributed by atoms with Crippen LogP contribution >= 0.6 is 31.9 Å². The highest BCUT2D eigenvalue weighted by Gasteiger charge is 2.45. The summed E-state index contributed by atoms with van der Waals surface area (Å²) in [5.74, 6) is 0.715. The molecule has 0 unspecified atom stereocenters. The van der Waals surface area contributed by atoms with Crippen molar-refractivity contribution in [1.29, 1.82) is 0 Å². The van der Waals surface area contributed by atoms with Gasteiger partial charge in [-0.3, -0.25) is 4.79 Å². The Bertz CT molecular complexity index is 492. The second-order valence-electron chi connectivity index (χ2n) is 4.31. The molecule has 0 fully saturated rings. The van der Waals surface area contributed by atoms with Gasteiger partial charge in [0.2, 0.25) is 0 Å². The van der Waals surface area contributed by atoms with Crippen LogP contribution in [0.1, 0.15) is 28.3 Å². The summed E-state index contributed by atoms with van der Waals surface area (Å²) in [6.07, 6.45) is 2.86. The molecule has 3 heteroatoms. The second kappa shape index (κ2) is 3.81. The molecule has 0 radical (unpaired) electrons. The number of ketones is 1. The SMILES string of the molecule is O=C1C(Br)=CC[C@@H]1[C@H]1c2ccccc2[C@@H]1Br. The zero-order valence-corrected chi connectivity index (χ0v) is 11.7. The molecular formula is C13H10Br2O. The van der Waals surface area contributed by atoms with Gasteiger partial charge in [-0.05, 0) is 33.5 Å². The lowest BCUT2D eigenvalue weighted by atomic mass is 9.69. The molecule has 82 valence electrons. The highest BCUT2D eigenvalue weighted by atomic mass is 79.9. The van der Waals surface area contributed by atoms with Crippen LogP contribution in [0.15, 0.2) is 34.8 Å². The summed E-state index contributed by atoms with van der Waals surface area (Å²) in [5, 5.41) is 0. The topological polar surface area (TPSA) is 17.1 Å². The number of alkyl halides is 1. The van der Waals surface area contributed by atoms with Crippen molar-refractivity contribution in [2.24, 2.45) is 5.92 Å². The summed E-state index contributed by atoms with van der Waals surface area (Å²) in [4.78, 5) is 12.3. The Morgan fingerprint density at radius 3 is 2.50 bits per heavy atom. The Hall–Kier alpha value is -0.410. The van der Waals surface area contributed by atoms with Crippen LogP contribution in [0.5, 0.6) is 0 Å². The molecule has 2 aliphatic carbocycles. The molecule has 3 atom stereocenters. The Kier molecular flexibility index (Phi) is 2.55. The van der Waals surface area contributed by atoms with Crippen LogP contribution in [-0.4, -0.2) is 5.78 Å². The molecule has 1 aromatic rings. The summed E-state index contributed by atoms with van der Waals surface area (Å²) >= 11 is 7.01. The quantitative estimate of drug-likeness (QED) is 0.703. The third-order valence-corrected chi connectivity index (χ3v) is 5.30. The molecule has 0 saturated carbocycles. The van der Waals surface area contributed by atoms with Crippen molar-refractivity contribution in [3.8, 4) is 0 Å². The van der Waals surface area contributed by atoms with Crippen LogP contribution in [0.25, 0.3) is 0 Å². The minimum absolute atomic E-state index is 0.119. The lowest BCUT2D eigenvalue weighted by Crippen LogP contribution is -2.30. The van der Waals surface area contributed by atoms with Gasteiger partial charge in [0.1, 0.15) is 0 Å². The minimum atomic E-state index is 0.119. The van der Waals surface area contributed by atoms with Gasteiger partial charge in [0.15, 0.2) is 5.78 Å². The molecule has 2 aliphatic rings. The number of hydrogen-bond donors (Lipinski definition) is 0. The zero-order valence-electron chi connectivity index (χ0n) is 8.49. The van der Waals surface area contributed by atoms with E-state index in [0.717, 1.165) is 10.9 Å². The summed E-state index contributed by atoms with van der Waals surface area (Å²) in [7, 11) is 0. The Morgan fingerprint density at radius 1 is 1.19 bits per heavy atom. The molecule has 0 heterocycles. The summed E-state index contributed by atoms with van der Waals surface area (Å²) in [6.45, 7) is 0. The van der Waals surface area contributed by atoms with Crippen molar-refractivity contribution < 1.29 is 4.79 Å². The fraction of sp³-hybridized carbons (Fsp3) is 0.308. The number of hydrogen-bond acceptors (Lipinski definition) is 1. The van der Waals surface area contributed by atoms with E-state index in [4.69, 9.17) is 0 Å². The number of allylic oxidation sites excluding steroid dienone is 2. The van der Waals surface area contributed by atoms with Gasteiger partial charge in [-0.2, -0.15) is 0 Å². The molecule has 0 N–H and O–H groups in total. The van der Waals surface area contributed by atoms with Crippen molar-refractivity contribution in [3.63, 3.8) is 0 Å². The second-order valence-corrected chi connectivity index (χ2v) is 6.16. The van der Waals surface area contributed by atoms with Crippen LogP contribution in [0.4, 0.5) is 0 Å². The molecule has 0 amide bonds. The number of rotatable bonds is 1. The van der Waals surface area contributed by atoms with Crippen molar-refractivity contribution in [2.45, 2.75) is 17.2 Å². The van der Waals surface area contributed by atoms with Crippen molar-refractivity contribution in [3.05, 3.63) is 46.0 Å². The minimum Gasteiger partial charge on any atom is -0.293 e. The predicted molar refractivity (Wildman–Crippen MR) is 71.0 cm³/mol. The van der Waals surface area contributed by atoms with Gasteiger partial charge >= 0.3 is 0 Å². The number of halogens is 2. The van der Waals surface area contributed by atoms with Crippen LogP contribution in [-0.2, 0) is 4.79 Å².